The van der Waals surface area contributed by atoms with Crippen molar-refractivity contribution in [3.63, 3.8) is 0 Å². The quantitative estimate of drug-likeness (QED) is 0.696. The molecule has 1 heterocycles. The first-order valence-corrected chi connectivity index (χ1v) is 7.53. The van der Waals surface area contributed by atoms with Crippen LogP contribution in [0, 0.1) is 0 Å². The molecule has 0 aliphatic heterocycles. The first kappa shape index (κ1) is 15.9. The molecule has 21 heavy (non-hydrogen) atoms. The Morgan fingerprint density at radius 3 is 3.05 bits per heavy atom. The van der Waals surface area contributed by atoms with Crippen molar-refractivity contribution in [2.24, 2.45) is 0 Å². The molecule has 0 bridgehead atoms. The lowest BCUT2D eigenvalue weighted by atomic mass is 10.3. The van der Waals surface area contributed by atoms with Crippen molar-refractivity contribution < 1.29 is 9.47 Å². The predicted octanol–water partition coefficient (Wildman–Crippen LogP) is 1.86. The van der Waals surface area contributed by atoms with Gasteiger partial charge in [0.2, 0.25) is 0 Å². The van der Waals surface area contributed by atoms with Gasteiger partial charge in [-0.1, -0.05) is 22.0 Å². The Kier molecular flexibility index (Phi) is 6.65. The van der Waals surface area contributed by atoms with E-state index in [2.05, 4.69) is 31.3 Å². The van der Waals surface area contributed by atoms with Crippen LogP contribution in [0.1, 0.15) is 5.82 Å². The van der Waals surface area contributed by atoms with Crippen molar-refractivity contribution in [1.29, 1.82) is 0 Å². The van der Waals surface area contributed by atoms with E-state index in [1.807, 2.05) is 28.9 Å². The number of rotatable bonds is 9. The molecule has 7 heteroatoms. The van der Waals surface area contributed by atoms with Crippen LogP contribution in [0.4, 0.5) is 0 Å². The molecule has 0 radical (unpaired) electrons. The van der Waals surface area contributed by atoms with Gasteiger partial charge in [0.05, 0.1) is 19.7 Å². The van der Waals surface area contributed by atoms with Gasteiger partial charge in [0, 0.05) is 18.1 Å². The summed E-state index contributed by atoms with van der Waals surface area (Å²) in [6.07, 6.45) is 1.56. The number of nitrogens with one attached hydrogen (secondary N) is 1. The molecule has 1 aromatic heterocycles. The molecule has 114 valence electrons. The third-order valence-electron chi connectivity index (χ3n) is 2.83. The number of ether oxygens (including phenoxy) is 2. The van der Waals surface area contributed by atoms with Crippen LogP contribution in [0.15, 0.2) is 35.1 Å². The third-order valence-corrected chi connectivity index (χ3v) is 3.32. The molecular formula is C14H19BrN4O2. The van der Waals surface area contributed by atoms with Crippen LogP contribution in [0.3, 0.4) is 0 Å². The summed E-state index contributed by atoms with van der Waals surface area (Å²) in [7, 11) is 1.68. The van der Waals surface area contributed by atoms with E-state index in [1.54, 1.807) is 13.4 Å². The molecule has 0 spiro atoms. The molecule has 0 unspecified atom stereocenters. The Bertz CT molecular complexity index is 547. The molecule has 6 nitrogen and oxygen atoms in total. The fourth-order valence-corrected chi connectivity index (χ4v) is 2.17. The van der Waals surface area contributed by atoms with Crippen LogP contribution >= 0.6 is 15.9 Å². The first-order valence-electron chi connectivity index (χ1n) is 6.74. The van der Waals surface area contributed by atoms with Gasteiger partial charge in [-0.25, -0.2) is 9.67 Å². The highest BCUT2D eigenvalue weighted by atomic mass is 79.9. The smallest absolute Gasteiger partial charge is 0.140 e. The number of aromatic nitrogens is 3. The van der Waals surface area contributed by atoms with Crippen LogP contribution in [0.25, 0.3) is 0 Å². The third kappa shape index (κ3) is 5.45. The highest BCUT2D eigenvalue weighted by Crippen LogP contribution is 2.17. The van der Waals surface area contributed by atoms with E-state index < -0.39 is 0 Å². The standard InChI is InChI=1S/C14H19BrN4O2/c1-20-7-5-16-10-14-17-11-18-19(14)6-8-21-13-4-2-3-12(15)9-13/h2-4,9,11,16H,5-8,10H2,1H3. The zero-order chi connectivity index (χ0) is 14.9. The molecule has 0 saturated carbocycles. The second-order valence-electron chi connectivity index (χ2n) is 4.37. The summed E-state index contributed by atoms with van der Waals surface area (Å²) < 4.78 is 13.5. The van der Waals surface area contributed by atoms with E-state index in [0.717, 1.165) is 22.6 Å². The molecule has 0 fully saturated rings. The van der Waals surface area contributed by atoms with Crippen LogP contribution in [-0.4, -0.2) is 41.6 Å². The number of benzene rings is 1. The van der Waals surface area contributed by atoms with Crippen molar-refractivity contribution in [1.82, 2.24) is 20.1 Å². The Morgan fingerprint density at radius 2 is 2.24 bits per heavy atom. The zero-order valence-electron chi connectivity index (χ0n) is 12.0. The summed E-state index contributed by atoms with van der Waals surface area (Å²) in [6.45, 7) is 3.34. The van der Waals surface area contributed by atoms with Gasteiger partial charge in [-0.05, 0) is 18.2 Å². The van der Waals surface area contributed by atoms with E-state index in [4.69, 9.17) is 9.47 Å². The summed E-state index contributed by atoms with van der Waals surface area (Å²) >= 11 is 3.42. The molecule has 0 aliphatic rings. The van der Waals surface area contributed by atoms with Gasteiger partial charge in [-0.2, -0.15) is 5.10 Å². The highest BCUT2D eigenvalue weighted by molar-refractivity contribution is 9.10. The van der Waals surface area contributed by atoms with Gasteiger partial charge in [0.1, 0.15) is 24.5 Å². The lowest BCUT2D eigenvalue weighted by Gasteiger charge is -2.09. The van der Waals surface area contributed by atoms with Crippen LogP contribution < -0.4 is 10.1 Å². The van der Waals surface area contributed by atoms with Crippen molar-refractivity contribution in [2.45, 2.75) is 13.1 Å². The molecule has 0 atom stereocenters. The van der Waals surface area contributed by atoms with Gasteiger partial charge in [0.25, 0.3) is 0 Å². The Hall–Kier alpha value is -1.44. The Balaban J connectivity index is 1.77. The zero-order valence-corrected chi connectivity index (χ0v) is 13.5. The van der Waals surface area contributed by atoms with Gasteiger partial charge in [-0.3, -0.25) is 0 Å². The number of hydrogen-bond acceptors (Lipinski definition) is 5. The second kappa shape index (κ2) is 8.76. The van der Waals surface area contributed by atoms with Crippen LogP contribution in [-0.2, 0) is 17.8 Å². The first-order chi connectivity index (χ1) is 10.3. The maximum Gasteiger partial charge on any atom is 0.140 e. The van der Waals surface area contributed by atoms with Gasteiger partial charge in [0.15, 0.2) is 0 Å². The SMILES string of the molecule is COCCNCc1ncnn1CCOc1cccc(Br)c1. The minimum Gasteiger partial charge on any atom is -0.492 e. The molecule has 1 N–H and O–H groups in total. The molecule has 0 saturated heterocycles. The highest BCUT2D eigenvalue weighted by Gasteiger charge is 2.04. The lowest BCUT2D eigenvalue weighted by Crippen LogP contribution is -2.22. The van der Waals surface area contributed by atoms with Crippen molar-refractivity contribution >= 4 is 15.9 Å². The van der Waals surface area contributed by atoms with Crippen molar-refractivity contribution in [3.05, 3.63) is 40.9 Å². The van der Waals surface area contributed by atoms with E-state index in [0.29, 0.717) is 26.3 Å². The van der Waals surface area contributed by atoms with Crippen molar-refractivity contribution in [2.75, 3.05) is 26.9 Å². The van der Waals surface area contributed by atoms with Gasteiger partial charge in [-0.15, -0.1) is 0 Å². The van der Waals surface area contributed by atoms with E-state index in [1.165, 1.54) is 0 Å². The minimum atomic E-state index is 0.547. The number of hydrogen-bond donors (Lipinski definition) is 1. The molecule has 2 rings (SSSR count). The number of halogens is 1. The summed E-state index contributed by atoms with van der Waals surface area (Å²) in [5.41, 5.74) is 0. The predicted molar refractivity (Wildman–Crippen MR) is 83.2 cm³/mol. The molecule has 2 aromatic rings. The fourth-order valence-electron chi connectivity index (χ4n) is 1.79. The summed E-state index contributed by atoms with van der Waals surface area (Å²) in [4.78, 5) is 4.24. The topological polar surface area (TPSA) is 61.2 Å². The van der Waals surface area contributed by atoms with Crippen LogP contribution in [0.2, 0.25) is 0 Å². The van der Waals surface area contributed by atoms with Gasteiger partial charge >= 0.3 is 0 Å². The fraction of sp³-hybridized carbons (Fsp3) is 0.429. The molecular weight excluding hydrogens is 336 g/mol. The summed E-state index contributed by atoms with van der Waals surface area (Å²) in [6, 6.07) is 7.78. The maximum absolute atomic E-state index is 5.70. The number of nitrogens with zero attached hydrogens (tertiary/aromatic N) is 3. The van der Waals surface area contributed by atoms with Crippen molar-refractivity contribution in [3.8, 4) is 5.75 Å². The normalized spacial score (nSPS) is 10.8. The maximum atomic E-state index is 5.70. The average molecular weight is 355 g/mol. The minimum absolute atomic E-state index is 0.547. The van der Waals surface area contributed by atoms with Gasteiger partial charge < -0.3 is 14.8 Å². The van der Waals surface area contributed by atoms with E-state index in [-0.39, 0.29) is 0 Å². The second-order valence-corrected chi connectivity index (χ2v) is 5.29. The Labute approximate surface area is 132 Å². The molecule has 0 amide bonds. The lowest BCUT2D eigenvalue weighted by molar-refractivity contribution is 0.198. The largest absolute Gasteiger partial charge is 0.492 e. The monoisotopic (exact) mass is 354 g/mol. The summed E-state index contributed by atoms with van der Waals surface area (Å²) in [5, 5.41) is 7.46. The van der Waals surface area contributed by atoms with E-state index in [9.17, 15) is 0 Å². The van der Waals surface area contributed by atoms with Crippen LogP contribution in [0.5, 0.6) is 5.75 Å². The number of methoxy groups -OCH3 is 1. The average Bonchev–Trinajstić information content (AvgIpc) is 2.91. The van der Waals surface area contributed by atoms with E-state index >= 15 is 0 Å². The molecule has 0 aliphatic carbocycles. The molecule has 1 aromatic carbocycles. The Morgan fingerprint density at radius 1 is 1.33 bits per heavy atom. The summed E-state index contributed by atoms with van der Waals surface area (Å²) in [5.74, 6) is 1.73.